The number of rotatable bonds is 5. The van der Waals surface area contributed by atoms with Gasteiger partial charge in [0.1, 0.15) is 11.6 Å². The van der Waals surface area contributed by atoms with Crippen LogP contribution in [-0.4, -0.2) is 18.2 Å². The molecule has 1 atom stereocenters. The average Bonchev–Trinajstić information content (AvgIpc) is 2.49. The van der Waals surface area contributed by atoms with Gasteiger partial charge in [-0.15, -0.1) is 0 Å². The molecule has 0 saturated carbocycles. The van der Waals surface area contributed by atoms with Crippen LogP contribution >= 0.6 is 0 Å². The first kappa shape index (κ1) is 15.6. The maximum atomic E-state index is 13.0. The van der Waals surface area contributed by atoms with Gasteiger partial charge in [0, 0.05) is 5.69 Å². The van der Waals surface area contributed by atoms with Crippen LogP contribution in [0, 0.1) is 11.6 Å². The lowest BCUT2D eigenvalue weighted by atomic mass is 10.2. The summed E-state index contributed by atoms with van der Waals surface area (Å²) in [5.41, 5.74) is 0.974. The second-order valence-electron chi connectivity index (χ2n) is 4.53. The summed E-state index contributed by atoms with van der Waals surface area (Å²) < 4.78 is 25.7. The molecule has 0 heterocycles. The van der Waals surface area contributed by atoms with Gasteiger partial charge in [-0.25, -0.2) is 8.78 Å². The Labute approximate surface area is 126 Å². The molecule has 2 rings (SSSR count). The van der Waals surface area contributed by atoms with Crippen molar-refractivity contribution in [1.82, 2.24) is 0 Å². The van der Waals surface area contributed by atoms with Crippen molar-refractivity contribution in [1.29, 1.82) is 0 Å². The Bertz CT molecular complexity index is 672. The van der Waals surface area contributed by atoms with Crippen molar-refractivity contribution in [3.63, 3.8) is 0 Å². The minimum atomic E-state index is -0.852. The first-order valence-electron chi connectivity index (χ1n) is 6.56. The number of nitrogens with one attached hydrogen (secondary N) is 1. The molecule has 0 unspecified atom stereocenters. The van der Waals surface area contributed by atoms with Gasteiger partial charge in [-0.2, -0.15) is 0 Å². The van der Waals surface area contributed by atoms with Crippen LogP contribution in [0.3, 0.4) is 0 Å². The Hall–Kier alpha value is -2.76. The molecule has 0 aliphatic rings. The Balaban J connectivity index is 1.87. The van der Waals surface area contributed by atoms with Gasteiger partial charge < -0.3 is 10.2 Å². The number of anilines is 1. The quantitative estimate of drug-likeness (QED) is 0.680. The Morgan fingerprint density at radius 2 is 1.91 bits per heavy atom. The third kappa shape index (κ3) is 4.66. The summed E-state index contributed by atoms with van der Waals surface area (Å²) in [6.45, 7) is 1.52. The standard InChI is InChI=1S/C16H14F2N2O2/c1-11(16(21)20-15-7-5-13(17)6-8-15)22-19-10-12-3-2-4-14(18)9-12/h2-11H,1H3,(H,20,21)/b19-10-/t11-/m1/s1. The van der Waals surface area contributed by atoms with Crippen LogP contribution in [0.1, 0.15) is 12.5 Å². The zero-order valence-electron chi connectivity index (χ0n) is 11.8. The van der Waals surface area contributed by atoms with Crippen LogP contribution in [0.2, 0.25) is 0 Å². The summed E-state index contributed by atoms with van der Waals surface area (Å²) in [6, 6.07) is 11.2. The van der Waals surface area contributed by atoms with Crippen LogP contribution in [-0.2, 0) is 9.63 Å². The molecule has 0 fully saturated rings. The Kier molecular flexibility index (Phi) is 5.19. The van der Waals surface area contributed by atoms with E-state index in [4.69, 9.17) is 4.84 Å². The van der Waals surface area contributed by atoms with Crippen LogP contribution in [0.4, 0.5) is 14.5 Å². The van der Waals surface area contributed by atoms with E-state index in [0.29, 0.717) is 11.3 Å². The predicted molar refractivity (Wildman–Crippen MR) is 79.6 cm³/mol. The maximum absolute atomic E-state index is 13.0. The van der Waals surface area contributed by atoms with E-state index in [1.807, 2.05) is 0 Å². The summed E-state index contributed by atoms with van der Waals surface area (Å²) >= 11 is 0. The summed E-state index contributed by atoms with van der Waals surface area (Å²) in [6.07, 6.45) is 0.458. The number of carbonyl (C=O) groups excluding carboxylic acids is 1. The van der Waals surface area contributed by atoms with Gasteiger partial charge in [0.15, 0.2) is 0 Å². The highest BCUT2D eigenvalue weighted by Crippen LogP contribution is 2.09. The van der Waals surface area contributed by atoms with Crippen LogP contribution in [0.25, 0.3) is 0 Å². The minimum absolute atomic E-state index is 0.383. The molecule has 6 heteroatoms. The number of carbonyl (C=O) groups is 1. The summed E-state index contributed by atoms with van der Waals surface area (Å²) in [5.74, 6) is -1.20. The van der Waals surface area contributed by atoms with Crippen molar-refractivity contribution in [3.8, 4) is 0 Å². The summed E-state index contributed by atoms with van der Waals surface area (Å²) in [4.78, 5) is 16.8. The topological polar surface area (TPSA) is 50.7 Å². The molecule has 0 aliphatic heterocycles. The van der Waals surface area contributed by atoms with Crippen molar-refractivity contribution in [2.45, 2.75) is 13.0 Å². The third-order valence-electron chi connectivity index (χ3n) is 2.75. The van der Waals surface area contributed by atoms with Crippen molar-refractivity contribution < 1.29 is 18.4 Å². The monoisotopic (exact) mass is 304 g/mol. The molecule has 2 aromatic carbocycles. The highest BCUT2D eigenvalue weighted by molar-refractivity contribution is 5.93. The van der Waals surface area contributed by atoms with Crippen molar-refractivity contribution >= 4 is 17.8 Å². The second-order valence-corrected chi connectivity index (χ2v) is 4.53. The van der Waals surface area contributed by atoms with E-state index in [1.54, 1.807) is 12.1 Å². The number of hydrogen-bond acceptors (Lipinski definition) is 3. The summed E-state index contributed by atoms with van der Waals surface area (Å²) in [5, 5.41) is 6.21. The van der Waals surface area contributed by atoms with E-state index in [2.05, 4.69) is 10.5 Å². The molecule has 114 valence electrons. The van der Waals surface area contributed by atoms with E-state index in [9.17, 15) is 13.6 Å². The lowest BCUT2D eigenvalue weighted by molar-refractivity contribution is -0.126. The smallest absolute Gasteiger partial charge is 0.267 e. The normalized spacial score (nSPS) is 12.1. The molecule has 0 radical (unpaired) electrons. The van der Waals surface area contributed by atoms with Crippen molar-refractivity contribution in [2.75, 3.05) is 5.32 Å². The fourth-order valence-electron chi connectivity index (χ4n) is 1.59. The molecule has 0 bridgehead atoms. The lowest BCUT2D eigenvalue weighted by Crippen LogP contribution is -2.26. The van der Waals surface area contributed by atoms with E-state index in [1.165, 1.54) is 49.5 Å². The van der Waals surface area contributed by atoms with Gasteiger partial charge in [-0.1, -0.05) is 17.3 Å². The molecule has 22 heavy (non-hydrogen) atoms. The van der Waals surface area contributed by atoms with Gasteiger partial charge in [-0.3, -0.25) is 4.79 Å². The van der Waals surface area contributed by atoms with Crippen molar-refractivity contribution in [3.05, 3.63) is 65.7 Å². The maximum Gasteiger partial charge on any atom is 0.267 e. The highest BCUT2D eigenvalue weighted by atomic mass is 19.1. The average molecular weight is 304 g/mol. The third-order valence-corrected chi connectivity index (χ3v) is 2.75. The van der Waals surface area contributed by atoms with Gasteiger partial charge in [0.05, 0.1) is 6.21 Å². The number of nitrogens with zero attached hydrogens (tertiary/aromatic N) is 1. The van der Waals surface area contributed by atoms with E-state index in [0.717, 1.165) is 0 Å². The van der Waals surface area contributed by atoms with E-state index in [-0.39, 0.29) is 11.6 Å². The number of amides is 1. The second kappa shape index (κ2) is 7.31. The molecule has 2 aromatic rings. The van der Waals surface area contributed by atoms with Crippen LogP contribution in [0.5, 0.6) is 0 Å². The molecule has 4 nitrogen and oxygen atoms in total. The first-order chi connectivity index (χ1) is 10.5. The molecular formula is C16H14F2N2O2. The fourth-order valence-corrected chi connectivity index (χ4v) is 1.59. The Morgan fingerprint density at radius 1 is 1.18 bits per heavy atom. The number of oxime groups is 1. The predicted octanol–water partition coefficient (Wildman–Crippen LogP) is 3.34. The molecular weight excluding hydrogens is 290 g/mol. The zero-order chi connectivity index (χ0) is 15.9. The number of benzene rings is 2. The summed E-state index contributed by atoms with van der Waals surface area (Å²) in [7, 11) is 0. The van der Waals surface area contributed by atoms with Crippen LogP contribution in [0.15, 0.2) is 53.7 Å². The molecule has 0 aliphatic carbocycles. The largest absolute Gasteiger partial charge is 0.383 e. The van der Waals surface area contributed by atoms with E-state index >= 15 is 0 Å². The molecule has 0 spiro atoms. The van der Waals surface area contributed by atoms with Gasteiger partial charge in [0.2, 0.25) is 6.10 Å². The minimum Gasteiger partial charge on any atom is -0.383 e. The molecule has 1 amide bonds. The van der Waals surface area contributed by atoms with Gasteiger partial charge in [0.25, 0.3) is 5.91 Å². The SMILES string of the molecule is C[C@@H](O/N=C\c1cccc(F)c1)C(=O)Nc1ccc(F)cc1. The van der Waals surface area contributed by atoms with Crippen molar-refractivity contribution in [2.24, 2.45) is 5.16 Å². The highest BCUT2D eigenvalue weighted by Gasteiger charge is 2.14. The van der Waals surface area contributed by atoms with Crippen LogP contribution < -0.4 is 5.32 Å². The first-order valence-corrected chi connectivity index (χ1v) is 6.56. The van der Waals surface area contributed by atoms with Gasteiger partial charge >= 0.3 is 0 Å². The Morgan fingerprint density at radius 3 is 2.59 bits per heavy atom. The zero-order valence-corrected chi connectivity index (χ0v) is 11.8. The van der Waals surface area contributed by atoms with E-state index < -0.39 is 12.0 Å². The number of halogens is 2. The molecule has 0 aromatic heterocycles. The number of hydrogen-bond donors (Lipinski definition) is 1. The molecule has 0 saturated heterocycles. The fraction of sp³-hybridized carbons (Fsp3) is 0.125. The molecule has 1 N–H and O–H groups in total. The lowest BCUT2D eigenvalue weighted by Gasteiger charge is -2.10. The van der Waals surface area contributed by atoms with Gasteiger partial charge in [-0.05, 0) is 48.9 Å².